The Bertz CT molecular complexity index is 900. The van der Waals surface area contributed by atoms with Crippen molar-refractivity contribution in [3.8, 4) is 11.5 Å². The van der Waals surface area contributed by atoms with E-state index in [2.05, 4.69) is 6.07 Å². The first-order chi connectivity index (χ1) is 14.4. The Morgan fingerprint density at radius 2 is 1.43 bits per heavy atom. The maximum atomic E-state index is 12.7. The minimum Gasteiger partial charge on any atom is -0.494 e. The third-order valence-electron chi connectivity index (χ3n) is 5.55. The van der Waals surface area contributed by atoms with Crippen LogP contribution in [0.2, 0.25) is 0 Å². The van der Waals surface area contributed by atoms with Crippen LogP contribution in [0.15, 0.2) is 36.4 Å². The molecule has 0 aromatic heterocycles. The number of benzene rings is 2. The van der Waals surface area contributed by atoms with Gasteiger partial charge in [0.05, 0.1) is 6.61 Å². The summed E-state index contributed by atoms with van der Waals surface area (Å²) in [5.41, 5.74) is 3.86. The van der Waals surface area contributed by atoms with Gasteiger partial charge in [-0.3, -0.25) is 9.59 Å². The molecule has 1 aliphatic heterocycles. The van der Waals surface area contributed by atoms with Crippen LogP contribution in [0, 0.1) is 20.8 Å². The van der Waals surface area contributed by atoms with Gasteiger partial charge in [-0.1, -0.05) is 12.1 Å². The number of aryl methyl sites for hydroxylation is 2. The van der Waals surface area contributed by atoms with Crippen molar-refractivity contribution in [1.82, 2.24) is 9.80 Å². The number of hydrogen-bond acceptors (Lipinski definition) is 4. The van der Waals surface area contributed by atoms with Crippen LogP contribution in [0.5, 0.6) is 11.5 Å². The van der Waals surface area contributed by atoms with Gasteiger partial charge in [-0.15, -0.1) is 0 Å². The van der Waals surface area contributed by atoms with Gasteiger partial charge in [0.15, 0.2) is 6.61 Å². The third kappa shape index (κ3) is 4.93. The zero-order valence-corrected chi connectivity index (χ0v) is 18.2. The van der Waals surface area contributed by atoms with Gasteiger partial charge in [-0.25, -0.2) is 0 Å². The lowest BCUT2D eigenvalue weighted by atomic mass is 10.1. The Balaban J connectivity index is 1.52. The first-order valence-electron chi connectivity index (χ1n) is 10.4. The number of ether oxygens (including phenoxy) is 2. The fourth-order valence-electron chi connectivity index (χ4n) is 3.57. The average Bonchev–Trinajstić information content (AvgIpc) is 2.76. The molecule has 0 aliphatic carbocycles. The molecular formula is C24H30N2O4. The summed E-state index contributed by atoms with van der Waals surface area (Å²) in [5.74, 6) is 1.46. The molecule has 6 heteroatoms. The molecule has 30 heavy (non-hydrogen) atoms. The van der Waals surface area contributed by atoms with Crippen LogP contribution in [0.4, 0.5) is 0 Å². The first-order valence-corrected chi connectivity index (χ1v) is 10.4. The van der Waals surface area contributed by atoms with E-state index in [1.165, 1.54) is 0 Å². The predicted molar refractivity (Wildman–Crippen MR) is 116 cm³/mol. The molecule has 2 aromatic rings. The SMILES string of the molecule is CCOc1ccc(C(=O)N2CCN(C(=O)COc3c(C)ccc(C)c3C)CC2)cc1. The van der Waals surface area contributed by atoms with Gasteiger partial charge in [0.2, 0.25) is 0 Å². The molecule has 0 atom stereocenters. The van der Waals surface area contributed by atoms with Crippen molar-refractivity contribution in [2.75, 3.05) is 39.4 Å². The lowest BCUT2D eigenvalue weighted by molar-refractivity contribution is -0.134. The van der Waals surface area contributed by atoms with Crippen LogP contribution >= 0.6 is 0 Å². The zero-order valence-electron chi connectivity index (χ0n) is 18.2. The van der Waals surface area contributed by atoms with Crippen LogP contribution in [-0.2, 0) is 4.79 Å². The van der Waals surface area contributed by atoms with Crippen LogP contribution in [0.25, 0.3) is 0 Å². The van der Waals surface area contributed by atoms with Crippen molar-refractivity contribution in [2.24, 2.45) is 0 Å². The smallest absolute Gasteiger partial charge is 0.260 e. The van der Waals surface area contributed by atoms with E-state index in [1.807, 2.05) is 45.9 Å². The van der Waals surface area contributed by atoms with Crippen molar-refractivity contribution < 1.29 is 19.1 Å². The summed E-state index contributed by atoms with van der Waals surface area (Å²) >= 11 is 0. The molecule has 1 saturated heterocycles. The molecule has 2 amide bonds. The Morgan fingerprint density at radius 3 is 2.07 bits per heavy atom. The van der Waals surface area contributed by atoms with Crippen molar-refractivity contribution in [1.29, 1.82) is 0 Å². The van der Waals surface area contributed by atoms with E-state index in [0.717, 1.165) is 28.2 Å². The van der Waals surface area contributed by atoms with Gasteiger partial charge in [0.25, 0.3) is 11.8 Å². The highest BCUT2D eigenvalue weighted by Crippen LogP contribution is 2.25. The van der Waals surface area contributed by atoms with E-state index in [0.29, 0.717) is 38.3 Å². The largest absolute Gasteiger partial charge is 0.494 e. The molecule has 0 N–H and O–H groups in total. The zero-order chi connectivity index (χ0) is 21.7. The molecule has 0 bridgehead atoms. The van der Waals surface area contributed by atoms with Gasteiger partial charge in [0.1, 0.15) is 11.5 Å². The highest BCUT2D eigenvalue weighted by atomic mass is 16.5. The third-order valence-corrected chi connectivity index (χ3v) is 5.55. The number of nitrogens with zero attached hydrogens (tertiary/aromatic N) is 2. The fourth-order valence-corrected chi connectivity index (χ4v) is 3.57. The van der Waals surface area contributed by atoms with Crippen LogP contribution in [-0.4, -0.2) is 61.0 Å². The maximum Gasteiger partial charge on any atom is 0.260 e. The number of amides is 2. The predicted octanol–water partition coefficient (Wildman–Crippen LogP) is 3.37. The highest BCUT2D eigenvalue weighted by Gasteiger charge is 2.25. The quantitative estimate of drug-likeness (QED) is 0.733. The standard InChI is InChI=1S/C24H30N2O4/c1-5-29-21-10-8-20(9-11-21)24(28)26-14-12-25(13-15-26)22(27)16-30-23-18(3)7-6-17(2)19(23)4/h6-11H,5,12-16H2,1-4H3. The molecule has 2 aromatic carbocycles. The molecule has 0 spiro atoms. The summed E-state index contributed by atoms with van der Waals surface area (Å²) in [6.07, 6.45) is 0. The summed E-state index contributed by atoms with van der Waals surface area (Å²) in [6, 6.07) is 11.2. The second-order valence-corrected chi connectivity index (χ2v) is 7.57. The summed E-state index contributed by atoms with van der Waals surface area (Å²) in [6.45, 7) is 10.6. The van der Waals surface area contributed by atoms with E-state index in [-0.39, 0.29) is 18.4 Å². The van der Waals surface area contributed by atoms with Gasteiger partial charge in [-0.05, 0) is 68.7 Å². The molecular weight excluding hydrogens is 380 g/mol. The van der Waals surface area contributed by atoms with Gasteiger partial charge in [0, 0.05) is 31.7 Å². The van der Waals surface area contributed by atoms with Crippen LogP contribution in [0.3, 0.4) is 0 Å². The number of carbonyl (C=O) groups is 2. The Morgan fingerprint density at radius 1 is 0.833 bits per heavy atom. The molecule has 160 valence electrons. The number of rotatable bonds is 6. The van der Waals surface area contributed by atoms with E-state index in [9.17, 15) is 9.59 Å². The minimum atomic E-state index is -0.0523. The average molecular weight is 411 g/mol. The van der Waals surface area contributed by atoms with Gasteiger partial charge >= 0.3 is 0 Å². The summed E-state index contributed by atoms with van der Waals surface area (Å²) in [4.78, 5) is 28.9. The van der Waals surface area contributed by atoms with Crippen molar-refractivity contribution in [3.63, 3.8) is 0 Å². The van der Waals surface area contributed by atoms with Crippen LogP contribution < -0.4 is 9.47 Å². The van der Waals surface area contributed by atoms with Crippen LogP contribution in [0.1, 0.15) is 34.0 Å². The Kier molecular flexibility index (Phi) is 6.98. The molecule has 0 radical (unpaired) electrons. The maximum absolute atomic E-state index is 12.7. The Hall–Kier alpha value is -3.02. The number of piperazine rings is 1. The minimum absolute atomic E-state index is 0.0119. The van der Waals surface area contributed by atoms with Gasteiger partial charge in [-0.2, -0.15) is 0 Å². The highest BCUT2D eigenvalue weighted by molar-refractivity contribution is 5.94. The fraction of sp³-hybridized carbons (Fsp3) is 0.417. The van der Waals surface area contributed by atoms with E-state index in [4.69, 9.17) is 9.47 Å². The number of carbonyl (C=O) groups excluding carboxylic acids is 2. The van der Waals surface area contributed by atoms with Crippen molar-refractivity contribution in [2.45, 2.75) is 27.7 Å². The second-order valence-electron chi connectivity index (χ2n) is 7.57. The Labute approximate surface area is 178 Å². The second kappa shape index (κ2) is 9.65. The van der Waals surface area contributed by atoms with Crippen molar-refractivity contribution >= 4 is 11.8 Å². The molecule has 1 fully saturated rings. The first kappa shape index (κ1) is 21.7. The lowest BCUT2D eigenvalue weighted by Gasteiger charge is -2.34. The normalized spacial score (nSPS) is 13.9. The molecule has 3 rings (SSSR count). The molecule has 6 nitrogen and oxygen atoms in total. The summed E-state index contributed by atoms with van der Waals surface area (Å²) in [5, 5.41) is 0. The van der Waals surface area contributed by atoms with Crippen molar-refractivity contribution in [3.05, 3.63) is 58.7 Å². The lowest BCUT2D eigenvalue weighted by Crippen LogP contribution is -2.51. The molecule has 1 aliphatic rings. The molecule has 1 heterocycles. The van der Waals surface area contributed by atoms with E-state index < -0.39 is 0 Å². The van der Waals surface area contributed by atoms with E-state index in [1.54, 1.807) is 21.9 Å². The summed E-state index contributed by atoms with van der Waals surface area (Å²) in [7, 11) is 0. The van der Waals surface area contributed by atoms with E-state index >= 15 is 0 Å². The summed E-state index contributed by atoms with van der Waals surface area (Å²) < 4.78 is 11.3. The monoisotopic (exact) mass is 410 g/mol. The van der Waals surface area contributed by atoms with Gasteiger partial charge < -0.3 is 19.3 Å². The molecule has 0 saturated carbocycles. The molecule has 0 unspecified atom stereocenters. The topological polar surface area (TPSA) is 59.1 Å². The number of hydrogen-bond donors (Lipinski definition) is 0.